The van der Waals surface area contributed by atoms with Gasteiger partial charge in [-0.05, 0) is 48.0 Å². The fraction of sp³-hybridized carbons (Fsp3) is 0.211. The van der Waals surface area contributed by atoms with Crippen LogP contribution in [0.5, 0.6) is 11.5 Å². The summed E-state index contributed by atoms with van der Waals surface area (Å²) in [5, 5.41) is 11.6. The molecule has 0 aliphatic rings. The smallest absolute Gasteiger partial charge is 0.216 e. The molecule has 1 aromatic heterocycles. The molecule has 3 rings (SSSR count). The van der Waals surface area contributed by atoms with E-state index in [0.29, 0.717) is 22.1 Å². The summed E-state index contributed by atoms with van der Waals surface area (Å²) in [6, 6.07) is 13.8. The Bertz CT molecular complexity index is 974. The lowest BCUT2D eigenvalue weighted by molar-refractivity contribution is 0.355. The third-order valence-corrected chi connectivity index (χ3v) is 4.27. The zero-order chi connectivity index (χ0) is 18.5. The van der Waals surface area contributed by atoms with Crippen LogP contribution in [-0.2, 0) is 6.42 Å². The van der Waals surface area contributed by atoms with Gasteiger partial charge < -0.3 is 9.47 Å². The van der Waals surface area contributed by atoms with Gasteiger partial charge in [-0.2, -0.15) is 14.9 Å². The summed E-state index contributed by atoms with van der Waals surface area (Å²) in [6.07, 6.45) is 2.77. The summed E-state index contributed by atoms with van der Waals surface area (Å²) < 4.78 is 12.6. The lowest BCUT2D eigenvalue weighted by Crippen LogP contribution is -1.97. The fourth-order valence-corrected chi connectivity index (χ4v) is 2.70. The first-order chi connectivity index (χ1) is 12.7. The van der Waals surface area contributed by atoms with Crippen LogP contribution in [0.2, 0.25) is 0 Å². The molecule has 0 saturated carbocycles. The highest BCUT2D eigenvalue weighted by Crippen LogP contribution is 2.31. The molecule has 0 atom stereocenters. The summed E-state index contributed by atoms with van der Waals surface area (Å²) in [7, 11) is 3.19. The van der Waals surface area contributed by atoms with Crippen molar-refractivity contribution in [3.63, 3.8) is 0 Å². The van der Waals surface area contributed by atoms with Crippen LogP contribution in [0.3, 0.4) is 0 Å². The molecule has 1 heterocycles. The van der Waals surface area contributed by atoms with Gasteiger partial charge in [-0.3, -0.25) is 0 Å². The monoisotopic (exact) mass is 368 g/mol. The summed E-state index contributed by atoms with van der Waals surface area (Å²) in [4.78, 5) is 0. The number of hydrogen-bond acceptors (Lipinski definition) is 5. The van der Waals surface area contributed by atoms with Crippen molar-refractivity contribution in [3.8, 4) is 22.9 Å². The zero-order valence-corrected chi connectivity index (χ0v) is 15.7. The molecule has 0 radical (unpaired) electrons. The van der Waals surface area contributed by atoms with Gasteiger partial charge in [0.1, 0.15) is 0 Å². The summed E-state index contributed by atoms with van der Waals surface area (Å²) in [6.45, 7) is 2.13. The molecule has 0 saturated heterocycles. The van der Waals surface area contributed by atoms with Crippen molar-refractivity contribution in [2.45, 2.75) is 13.3 Å². The van der Waals surface area contributed by atoms with Crippen molar-refractivity contribution >= 4 is 18.4 Å². The first kappa shape index (κ1) is 17.9. The second-order valence-corrected chi connectivity index (χ2v) is 5.96. The first-order valence-electron chi connectivity index (χ1n) is 8.19. The van der Waals surface area contributed by atoms with Crippen LogP contribution in [0.1, 0.15) is 18.1 Å². The Morgan fingerprint density at radius 1 is 1.12 bits per heavy atom. The molecule has 3 aromatic rings. The Labute approximate surface area is 157 Å². The molecule has 7 heteroatoms. The number of aromatic nitrogens is 3. The molecular formula is C19H20N4O2S. The van der Waals surface area contributed by atoms with E-state index in [-0.39, 0.29) is 0 Å². The SMILES string of the molecule is CCc1ccc(/C=N\n2c(-c3ccc(OC)c(OC)c3)n[nH]c2=S)cc1. The van der Waals surface area contributed by atoms with Crippen molar-refractivity contribution in [2.75, 3.05) is 14.2 Å². The average molecular weight is 368 g/mol. The number of nitrogens with zero attached hydrogens (tertiary/aromatic N) is 3. The van der Waals surface area contributed by atoms with E-state index in [1.54, 1.807) is 25.1 Å². The highest BCUT2D eigenvalue weighted by Gasteiger charge is 2.12. The Kier molecular flexibility index (Phi) is 5.48. The van der Waals surface area contributed by atoms with Crippen LogP contribution >= 0.6 is 12.2 Å². The number of ether oxygens (including phenoxy) is 2. The van der Waals surface area contributed by atoms with Crippen molar-refractivity contribution in [3.05, 3.63) is 58.4 Å². The maximum absolute atomic E-state index is 5.36. The summed E-state index contributed by atoms with van der Waals surface area (Å²) in [5.41, 5.74) is 3.09. The highest BCUT2D eigenvalue weighted by molar-refractivity contribution is 7.71. The molecule has 0 spiro atoms. The molecule has 0 aliphatic carbocycles. The predicted molar refractivity (Wildman–Crippen MR) is 105 cm³/mol. The second kappa shape index (κ2) is 7.97. The van der Waals surface area contributed by atoms with Gasteiger partial charge >= 0.3 is 0 Å². The van der Waals surface area contributed by atoms with E-state index in [2.05, 4.69) is 34.4 Å². The molecular weight excluding hydrogens is 348 g/mol. The fourth-order valence-electron chi connectivity index (χ4n) is 2.52. The van der Waals surface area contributed by atoms with E-state index in [9.17, 15) is 0 Å². The molecule has 2 aromatic carbocycles. The van der Waals surface area contributed by atoms with E-state index < -0.39 is 0 Å². The topological polar surface area (TPSA) is 64.4 Å². The van der Waals surface area contributed by atoms with E-state index in [0.717, 1.165) is 17.5 Å². The van der Waals surface area contributed by atoms with Crippen LogP contribution in [0.4, 0.5) is 0 Å². The minimum absolute atomic E-state index is 0.413. The Hall–Kier alpha value is -2.93. The lowest BCUT2D eigenvalue weighted by Gasteiger charge is -2.09. The van der Waals surface area contributed by atoms with E-state index >= 15 is 0 Å². The van der Waals surface area contributed by atoms with Crippen molar-refractivity contribution < 1.29 is 9.47 Å². The van der Waals surface area contributed by atoms with Gasteiger partial charge in [0.25, 0.3) is 0 Å². The van der Waals surface area contributed by atoms with E-state index in [1.807, 2.05) is 30.3 Å². The maximum Gasteiger partial charge on any atom is 0.216 e. The quantitative estimate of drug-likeness (QED) is 0.526. The number of hydrogen-bond donors (Lipinski definition) is 1. The van der Waals surface area contributed by atoms with Crippen molar-refractivity contribution in [2.24, 2.45) is 5.10 Å². The predicted octanol–water partition coefficient (Wildman–Crippen LogP) is 4.07. The standard InChI is InChI=1S/C19H20N4O2S/c1-4-13-5-7-14(8-6-13)12-20-23-18(21-22-19(23)26)15-9-10-16(24-2)17(11-15)25-3/h5-12H,4H2,1-3H3,(H,22,26)/b20-12-. The number of methoxy groups -OCH3 is 2. The van der Waals surface area contributed by atoms with E-state index in [4.69, 9.17) is 21.7 Å². The molecule has 0 aliphatic heterocycles. The molecule has 0 unspecified atom stereocenters. The van der Waals surface area contributed by atoms with Crippen LogP contribution in [-0.4, -0.2) is 35.3 Å². The van der Waals surface area contributed by atoms with Crippen LogP contribution in [0, 0.1) is 4.77 Å². The second-order valence-electron chi connectivity index (χ2n) is 5.57. The minimum Gasteiger partial charge on any atom is -0.493 e. The summed E-state index contributed by atoms with van der Waals surface area (Å²) >= 11 is 5.31. The van der Waals surface area contributed by atoms with Gasteiger partial charge in [0.05, 0.1) is 20.4 Å². The Balaban J connectivity index is 1.96. The molecule has 0 amide bonds. The molecule has 1 N–H and O–H groups in total. The van der Waals surface area contributed by atoms with E-state index in [1.165, 1.54) is 5.56 Å². The third-order valence-electron chi connectivity index (χ3n) is 4.00. The van der Waals surface area contributed by atoms with Crippen molar-refractivity contribution in [1.29, 1.82) is 0 Å². The summed E-state index contributed by atoms with van der Waals surface area (Å²) in [5.74, 6) is 1.86. The Morgan fingerprint density at radius 2 is 1.85 bits per heavy atom. The number of aryl methyl sites for hydroxylation is 1. The number of rotatable bonds is 6. The largest absolute Gasteiger partial charge is 0.493 e. The highest BCUT2D eigenvalue weighted by atomic mass is 32.1. The van der Waals surface area contributed by atoms with Gasteiger partial charge in [-0.1, -0.05) is 31.2 Å². The van der Waals surface area contributed by atoms with Crippen LogP contribution < -0.4 is 9.47 Å². The van der Waals surface area contributed by atoms with Gasteiger partial charge in [0.2, 0.25) is 4.77 Å². The molecule has 6 nitrogen and oxygen atoms in total. The van der Waals surface area contributed by atoms with Gasteiger partial charge in [0.15, 0.2) is 17.3 Å². The Morgan fingerprint density at radius 3 is 2.50 bits per heavy atom. The normalized spacial score (nSPS) is 11.0. The van der Waals surface area contributed by atoms with Gasteiger partial charge in [0, 0.05) is 5.56 Å². The minimum atomic E-state index is 0.413. The van der Waals surface area contributed by atoms with Crippen LogP contribution in [0.25, 0.3) is 11.4 Å². The van der Waals surface area contributed by atoms with Crippen LogP contribution in [0.15, 0.2) is 47.6 Å². The first-order valence-corrected chi connectivity index (χ1v) is 8.60. The molecule has 26 heavy (non-hydrogen) atoms. The third kappa shape index (κ3) is 3.67. The molecule has 0 fully saturated rings. The molecule has 0 bridgehead atoms. The van der Waals surface area contributed by atoms with Crippen molar-refractivity contribution in [1.82, 2.24) is 14.9 Å². The van der Waals surface area contributed by atoms with Gasteiger partial charge in [-0.25, -0.2) is 5.10 Å². The van der Waals surface area contributed by atoms with Gasteiger partial charge in [-0.15, -0.1) is 0 Å². The molecule has 134 valence electrons. The number of H-pyrrole nitrogens is 1. The maximum atomic E-state index is 5.36. The number of aromatic amines is 1. The zero-order valence-electron chi connectivity index (χ0n) is 14.9. The lowest BCUT2D eigenvalue weighted by atomic mass is 10.1. The average Bonchev–Trinajstić information content (AvgIpc) is 3.06. The number of benzene rings is 2. The number of nitrogens with one attached hydrogen (secondary N) is 1.